The van der Waals surface area contributed by atoms with Gasteiger partial charge in [0.25, 0.3) is 0 Å². The highest BCUT2D eigenvalue weighted by Gasteiger charge is 2.29. The molecule has 1 aromatic rings. The smallest absolute Gasteiger partial charge is 0.146 e. The first-order chi connectivity index (χ1) is 9.36. The van der Waals surface area contributed by atoms with E-state index in [4.69, 9.17) is 11.6 Å². The Balaban J connectivity index is 1.83. The molecule has 0 aliphatic heterocycles. The Labute approximate surface area is 126 Å². The molecule has 0 amide bonds. The van der Waals surface area contributed by atoms with Crippen LogP contribution in [0.1, 0.15) is 46.5 Å². The van der Waals surface area contributed by atoms with Gasteiger partial charge in [0, 0.05) is 11.6 Å². The highest BCUT2D eigenvalue weighted by atomic mass is 35.5. The summed E-state index contributed by atoms with van der Waals surface area (Å²) in [5.41, 5.74) is 0.938. The van der Waals surface area contributed by atoms with Crippen molar-refractivity contribution in [2.75, 3.05) is 11.9 Å². The minimum absolute atomic E-state index is 0.224. The maximum Gasteiger partial charge on any atom is 0.146 e. The molecular weight excluding hydrogens is 273 g/mol. The molecule has 1 nitrogen and oxygen atoms in total. The van der Waals surface area contributed by atoms with Crippen molar-refractivity contribution in [2.24, 2.45) is 17.3 Å². The fourth-order valence-corrected chi connectivity index (χ4v) is 3.29. The van der Waals surface area contributed by atoms with Crippen LogP contribution in [0.4, 0.5) is 10.1 Å². The molecule has 1 fully saturated rings. The number of nitrogens with one attached hydrogen (secondary N) is 1. The first-order valence-corrected chi connectivity index (χ1v) is 7.93. The SMILES string of the molecule is CC(C)(C)C1CCC(CNc2cc(Cl)ccc2F)CC1. The standard InChI is InChI=1S/C17H25ClFN/c1-17(2,3)13-6-4-12(5-7-13)11-20-16-10-14(18)8-9-15(16)19/h8-10,12-13,20H,4-7,11H2,1-3H3. The van der Waals surface area contributed by atoms with Crippen molar-refractivity contribution < 1.29 is 4.39 Å². The molecule has 0 saturated heterocycles. The van der Waals surface area contributed by atoms with Gasteiger partial charge in [-0.05, 0) is 61.1 Å². The molecule has 0 radical (unpaired) electrons. The van der Waals surface area contributed by atoms with Crippen molar-refractivity contribution >= 4 is 17.3 Å². The van der Waals surface area contributed by atoms with E-state index in [1.54, 1.807) is 12.1 Å². The van der Waals surface area contributed by atoms with Crippen LogP contribution in [0.15, 0.2) is 18.2 Å². The molecule has 1 N–H and O–H groups in total. The Morgan fingerprint density at radius 1 is 1.20 bits per heavy atom. The average Bonchev–Trinajstić information content (AvgIpc) is 2.39. The fourth-order valence-electron chi connectivity index (χ4n) is 3.12. The van der Waals surface area contributed by atoms with E-state index < -0.39 is 0 Å². The van der Waals surface area contributed by atoms with Gasteiger partial charge < -0.3 is 5.32 Å². The number of hydrogen-bond donors (Lipinski definition) is 1. The van der Waals surface area contributed by atoms with Crippen LogP contribution in [0.5, 0.6) is 0 Å². The van der Waals surface area contributed by atoms with Crippen molar-refractivity contribution in [2.45, 2.75) is 46.5 Å². The summed E-state index contributed by atoms with van der Waals surface area (Å²) in [5.74, 6) is 1.24. The molecule has 1 aromatic carbocycles. The van der Waals surface area contributed by atoms with Crippen molar-refractivity contribution in [1.29, 1.82) is 0 Å². The first kappa shape index (κ1) is 15.6. The van der Waals surface area contributed by atoms with E-state index in [0.717, 1.165) is 12.5 Å². The van der Waals surface area contributed by atoms with E-state index >= 15 is 0 Å². The molecular formula is C17H25ClFN. The Kier molecular flexibility index (Phi) is 4.95. The van der Waals surface area contributed by atoms with Gasteiger partial charge in [-0.2, -0.15) is 0 Å². The molecule has 0 spiro atoms. The number of halogens is 2. The zero-order valence-corrected chi connectivity index (χ0v) is 13.4. The fraction of sp³-hybridized carbons (Fsp3) is 0.647. The minimum Gasteiger partial charge on any atom is -0.382 e. The van der Waals surface area contributed by atoms with Gasteiger partial charge in [-0.3, -0.25) is 0 Å². The van der Waals surface area contributed by atoms with Gasteiger partial charge in [-0.25, -0.2) is 4.39 Å². The van der Waals surface area contributed by atoms with Gasteiger partial charge >= 0.3 is 0 Å². The van der Waals surface area contributed by atoms with Gasteiger partial charge in [0.1, 0.15) is 5.82 Å². The van der Waals surface area contributed by atoms with Crippen LogP contribution < -0.4 is 5.32 Å². The quantitative estimate of drug-likeness (QED) is 0.749. The van der Waals surface area contributed by atoms with E-state index in [1.165, 1.54) is 31.7 Å². The Hall–Kier alpha value is -0.760. The van der Waals surface area contributed by atoms with E-state index in [-0.39, 0.29) is 5.82 Å². The van der Waals surface area contributed by atoms with E-state index in [1.807, 2.05) is 0 Å². The first-order valence-electron chi connectivity index (χ1n) is 7.55. The van der Waals surface area contributed by atoms with Gasteiger partial charge in [0.05, 0.1) is 5.69 Å². The van der Waals surface area contributed by atoms with Crippen LogP contribution in [-0.4, -0.2) is 6.54 Å². The third kappa shape index (κ3) is 4.12. The highest BCUT2D eigenvalue weighted by Crippen LogP contribution is 2.39. The lowest BCUT2D eigenvalue weighted by Crippen LogP contribution is -2.28. The summed E-state index contributed by atoms with van der Waals surface area (Å²) < 4.78 is 13.6. The molecule has 1 saturated carbocycles. The maximum atomic E-state index is 13.6. The summed E-state index contributed by atoms with van der Waals surface area (Å²) in [6.45, 7) is 7.83. The van der Waals surface area contributed by atoms with Crippen LogP contribution in [0, 0.1) is 23.1 Å². The predicted octanol–water partition coefficient (Wildman–Crippen LogP) is 5.74. The summed E-state index contributed by atoms with van der Waals surface area (Å²) >= 11 is 5.90. The summed E-state index contributed by atoms with van der Waals surface area (Å²) in [6.07, 6.45) is 5.04. The maximum absolute atomic E-state index is 13.6. The van der Waals surface area contributed by atoms with Crippen molar-refractivity contribution in [3.8, 4) is 0 Å². The van der Waals surface area contributed by atoms with Gasteiger partial charge in [0.2, 0.25) is 0 Å². The summed E-state index contributed by atoms with van der Waals surface area (Å²) in [7, 11) is 0. The van der Waals surface area contributed by atoms with E-state index in [2.05, 4.69) is 26.1 Å². The molecule has 2 rings (SSSR count). The number of rotatable bonds is 3. The summed E-state index contributed by atoms with van der Waals surface area (Å²) in [6, 6.07) is 4.66. The molecule has 112 valence electrons. The van der Waals surface area contributed by atoms with Gasteiger partial charge in [-0.15, -0.1) is 0 Å². The Morgan fingerprint density at radius 2 is 1.85 bits per heavy atom. The predicted molar refractivity (Wildman–Crippen MR) is 84.8 cm³/mol. The molecule has 0 unspecified atom stereocenters. The third-order valence-electron chi connectivity index (χ3n) is 4.58. The topological polar surface area (TPSA) is 12.0 Å². The lowest BCUT2D eigenvalue weighted by atomic mass is 9.70. The largest absolute Gasteiger partial charge is 0.382 e. The Bertz CT molecular complexity index is 445. The Morgan fingerprint density at radius 3 is 2.45 bits per heavy atom. The van der Waals surface area contributed by atoms with Gasteiger partial charge in [0.15, 0.2) is 0 Å². The zero-order valence-electron chi connectivity index (χ0n) is 12.7. The van der Waals surface area contributed by atoms with E-state index in [9.17, 15) is 4.39 Å². The number of anilines is 1. The third-order valence-corrected chi connectivity index (χ3v) is 4.82. The summed E-state index contributed by atoms with van der Waals surface area (Å²) in [5, 5.41) is 3.79. The molecule has 0 aromatic heterocycles. The van der Waals surface area contributed by atoms with Gasteiger partial charge in [-0.1, -0.05) is 32.4 Å². The molecule has 0 heterocycles. The number of hydrogen-bond acceptors (Lipinski definition) is 1. The second kappa shape index (κ2) is 6.34. The molecule has 0 atom stereocenters. The monoisotopic (exact) mass is 297 g/mol. The van der Waals surface area contributed by atoms with Crippen LogP contribution in [0.3, 0.4) is 0 Å². The van der Waals surface area contributed by atoms with Crippen LogP contribution in [0.25, 0.3) is 0 Å². The van der Waals surface area contributed by atoms with E-state index in [0.29, 0.717) is 22.0 Å². The zero-order chi connectivity index (χ0) is 14.8. The average molecular weight is 298 g/mol. The second-order valence-electron chi connectivity index (χ2n) is 7.09. The minimum atomic E-state index is -0.224. The highest BCUT2D eigenvalue weighted by molar-refractivity contribution is 6.30. The molecule has 1 aliphatic carbocycles. The molecule has 1 aliphatic rings. The number of benzene rings is 1. The van der Waals surface area contributed by atoms with Crippen LogP contribution in [0.2, 0.25) is 5.02 Å². The van der Waals surface area contributed by atoms with Crippen molar-refractivity contribution in [3.63, 3.8) is 0 Å². The molecule has 20 heavy (non-hydrogen) atoms. The van der Waals surface area contributed by atoms with Crippen LogP contribution >= 0.6 is 11.6 Å². The van der Waals surface area contributed by atoms with Crippen LogP contribution in [-0.2, 0) is 0 Å². The molecule has 0 bridgehead atoms. The van der Waals surface area contributed by atoms with Crippen molar-refractivity contribution in [1.82, 2.24) is 0 Å². The molecule has 3 heteroatoms. The normalized spacial score (nSPS) is 23.6. The second-order valence-corrected chi connectivity index (χ2v) is 7.53. The lowest BCUT2D eigenvalue weighted by molar-refractivity contribution is 0.153. The summed E-state index contributed by atoms with van der Waals surface area (Å²) in [4.78, 5) is 0. The lowest BCUT2D eigenvalue weighted by Gasteiger charge is -2.37. The van der Waals surface area contributed by atoms with Crippen molar-refractivity contribution in [3.05, 3.63) is 29.0 Å².